The van der Waals surface area contributed by atoms with Crippen molar-refractivity contribution in [3.63, 3.8) is 0 Å². The minimum atomic E-state index is -0.401. The number of ether oxygens (including phenoxy) is 2. The van der Waals surface area contributed by atoms with Crippen molar-refractivity contribution in [3.05, 3.63) is 66.7 Å². The molecule has 0 N–H and O–H groups in total. The molecule has 0 bridgehead atoms. The number of para-hydroxylation sites is 1. The molecule has 4 heteroatoms. The molecule has 0 aliphatic carbocycles. The Hall–Kier alpha value is -3.06. The van der Waals surface area contributed by atoms with Crippen molar-refractivity contribution in [2.24, 2.45) is 0 Å². The summed E-state index contributed by atoms with van der Waals surface area (Å²) in [7, 11) is 0. The monoisotopic (exact) mass is 349 g/mol. The summed E-state index contributed by atoms with van der Waals surface area (Å²) in [4.78, 5) is 11.4. The first kappa shape index (κ1) is 19.3. The van der Waals surface area contributed by atoms with Crippen molar-refractivity contribution in [3.8, 4) is 22.9 Å². The van der Waals surface area contributed by atoms with Gasteiger partial charge in [0.05, 0.1) is 18.2 Å². The lowest BCUT2D eigenvalue weighted by Gasteiger charge is -2.17. The molecule has 0 saturated carbocycles. The molecule has 1 unspecified atom stereocenters. The summed E-state index contributed by atoms with van der Waals surface area (Å²) in [5.74, 6) is 0.365. The number of esters is 1. The Morgan fingerprint density at radius 2 is 1.92 bits per heavy atom. The van der Waals surface area contributed by atoms with Crippen LogP contribution in [0.5, 0.6) is 5.75 Å². The molecule has 134 valence electrons. The lowest BCUT2D eigenvalue weighted by Crippen LogP contribution is -2.19. The summed E-state index contributed by atoms with van der Waals surface area (Å²) >= 11 is 0. The van der Waals surface area contributed by atoms with Crippen LogP contribution in [0.15, 0.2) is 61.2 Å². The third-order valence-corrected chi connectivity index (χ3v) is 3.97. The van der Waals surface area contributed by atoms with Crippen molar-refractivity contribution in [1.82, 2.24) is 0 Å². The molecule has 0 aliphatic rings. The first-order valence-corrected chi connectivity index (χ1v) is 8.73. The zero-order valence-electron chi connectivity index (χ0n) is 15.0. The molecule has 2 aromatic carbocycles. The van der Waals surface area contributed by atoms with Crippen LogP contribution in [0.2, 0.25) is 0 Å². The minimum absolute atomic E-state index is 0.174. The Kier molecular flexibility index (Phi) is 7.45. The maximum Gasteiger partial charge on any atom is 0.330 e. The Morgan fingerprint density at radius 1 is 1.19 bits per heavy atom. The van der Waals surface area contributed by atoms with E-state index >= 15 is 0 Å². The second-order valence-corrected chi connectivity index (χ2v) is 5.87. The van der Waals surface area contributed by atoms with Gasteiger partial charge in [-0.25, -0.2) is 4.79 Å². The minimum Gasteiger partial charge on any atom is -0.493 e. The molecule has 2 aromatic rings. The summed E-state index contributed by atoms with van der Waals surface area (Å²) in [6.07, 6.45) is 3.35. The average Bonchev–Trinajstić information content (AvgIpc) is 2.68. The maximum absolute atomic E-state index is 11.4. The second kappa shape index (κ2) is 10.0. The quantitative estimate of drug-likeness (QED) is 0.477. The number of carbonyl (C=O) groups is 1. The van der Waals surface area contributed by atoms with Crippen LogP contribution in [0.1, 0.15) is 31.7 Å². The van der Waals surface area contributed by atoms with Crippen LogP contribution in [0.3, 0.4) is 0 Å². The molecular formula is C22H23NO3. The van der Waals surface area contributed by atoms with Gasteiger partial charge >= 0.3 is 5.97 Å². The van der Waals surface area contributed by atoms with Gasteiger partial charge in [0.1, 0.15) is 11.9 Å². The van der Waals surface area contributed by atoms with Crippen molar-refractivity contribution >= 4 is 5.97 Å². The van der Waals surface area contributed by atoms with Gasteiger partial charge in [-0.1, -0.05) is 50.3 Å². The zero-order valence-corrected chi connectivity index (χ0v) is 15.0. The molecule has 4 nitrogen and oxygen atoms in total. The Labute approximate surface area is 154 Å². The molecule has 1 atom stereocenters. The van der Waals surface area contributed by atoms with Gasteiger partial charge in [0, 0.05) is 18.1 Å². The van der Waals surface area contributed by atoms with Gasteiger partial charge in [-0.15, -0.1) is 0 Å². The summed E-state index contributed by atoms with van der Waals surface area (Å²) < 4.78 is 11.3. The topological polar surface area (TPSA) is 59.3 Å². The first-order valence-electron chi connectivity index (χ1n) is 8.73. The number of rotatable bonds is 9. The van der Waals surface area contributed by atoms with E-state index in [0.717, 1.165) is 29.7 Å². The molecule has 26 heavy (non-hydrogen) atoms. The summed E-state index contributed by atoms with van der Waals surface area (Å²) in [6, 6.07) is 17.3. The van der Waals surface area contributed by atoms with Gasteiger partial charge in [-0.3, -0.25) is 0 Å². The number of hydrogen-bond donors (Lipinski definition) is 0. The van der Waals surface area contributed by atoms with Gasteiger partial charge in [0.15, 0.2) is 0 Å². The first-order chi connectivity index (χ1) is 12.7. The number of nitriles is 1. The SMILES string of the molecule is C=CC(=O)OC(CCC)CCOc1ccccc1-c1ccc(C#N)cc1. The lowest BCUT2D eigenvalue weighted by atomic mass is 10.0. The smallest absolute Gasteiger partial charge is 0.330 e. The average molecular weight is 349 g/mol. The van der Waals surface area contributed by atoms with Crippen LogP contribution in [-0.2, 0) is 9.53 Å². The molecule has 2 rings (SSSR count). The number of carbonyl (C=O) groups excluding carboxylic acids is 1. The highest BCUT2D eigenvalue weighted by molar-refractivity contribution is 5.81. The normalized spacial score (nSPS) is 11.2. The molecule has 0 heterocycles. The van der Waals surface area contributed by atoms with E-state index in [-0.39, 0.29) is 6.10 Å². The zero-order chi connectivity index (χ0) is 18.8. The molecular weight excluding hydrogens is 326 g/mol. The molecule has 0 aliphatic heterocycles. The molecule has 0 saturated heterocycles. The number of nitrogens with zero attached hydrogens (tertiary/aromatic N) is 1. The van der Waals surface area contributed by atoms with E-state index < -0.39 is 5.97 Å². The Balaban J connectivity index is 2.04. The highest BCUT2D eigenvalue weighted by Gasteiger charge is 2.13. The van der Waals surface area contributed by atoms with E-state index in [2.05, 4.69) is 19.6 Å². The van der Waals surface area contributed by atoms with Crippen LogP contribution in [0, 0.1) is 11.3 Å². The highest BCUT2D eigenvalue weighted by atomic mass is 16.5. The maximum atomic E-state index is 11.4. The van der Waals surface area contributed by atoms with Crippen LogP contribution >= 0.6 is 0 Å². The molecule has 0 amide bonds. The van der Waals surface area contributed by atoms with E-state index in [4.69, 9.17) is 14.7 Å². The van der Waals surface area contributed by atoms with Crippen LogP contribution in [-0.4, -0.2) is 18.7 Å². The van der Waals surface area contributed by atoms with E-state index in [0.29, 0.717) is 18.6 Å². The van der Waals surface area contributed by atoms with Crippen molar-refractivity contribution in [1.29, 1.82) is 5.26 Å². The van der Waals surface area contributed by atoms with Crippen molar-refractivity contribution < 1.29 is 14.3 Å². The Bertz CT molecular complexity index is 775. The predicted octanol–water partition coefficient (Wildman–Crippen LogP) is 4.89. The summed E-state index contributed by atoms with van der Waals surface area (Å²) in [5.41, 5.74) is 2.58. The molecule has 0 spiro atoms. The highest BCUT2D eigenvalue weighted by Crippen LogP contribution is 2.30. The fourth-order valence-electron chi connectivity index (χ4n) is 2.65. The van der Waals surface area contributed by atoms with Gasteiger partial charge < -0.3 is 9.47 Å². The lowest BCUT2D eigenvalue weighted by molar-refractivity contribution is -0.143. The third kappa shape index (κ3) is 5.49. The second-order valence-electron chi connectivity index (χ2n) is 5.87. The van der Waals surface area contributed by atoms with E-state index in [1.807, 2.05) is 36.4 Å². The summed E-state index contributed by atoms with van der Waals surface area (Å²) in [5, 5.41) is 8.93. The van der Waals surface area contributed by atoms with E-state index in [9.17, 15) is 4.79 Å². The Morgan fingerprint density at radius 3 is 2.58 bits per heavy atom. The van der Waals surface area contributed by atoms with Gasteiger partial charge in [0.25, 0.3) is 0 Å². The summed E-state index contributed by atoms with van der Waals surface area (Å²) in [6.45, 7) is 5.93. The van der Waals surface area contributed by atoms with Gasteiger partial charge in [0.2, 0.25) is 0 Å². The van der Waals surface area contributed by atoms with Crippen LogP contribution in [0.25, 0.3) is 11.1 Å². The van der Waals surface area contributed by atoms with E-state index in [1.54, 1.807) is 12.1 Å². The largest absolute Gasteiger partial charge is 0.493 e. The van der Waals surface area contributed by atoms with Gasteiger partial charge in [-0.05, 0) is 30.2 Å². The molecule has 0 aromatic heterocycles. The fraction of sp³-hybridized carbons (Fsp3) is 0.273. The fourth-order valence-corrected chi connectivity index (χ4v) is 2.65. The van der Waals surface area contributed by atoms with E-state index in [1.165, 1.54) is 6.08 Å². The standard InChI is InChI=1S/C22H23NO3/c1-3-7-19(26-22(24)4-2)14-15-25-21-9-6-5-8-20(21)18-12-10-17(16-23)11-13-18/h4-6,8-13,19H,2-3,7,14-15H2,1H3. The van der Waals surface area contributed by atoms with Crippen LogP contribution < -0.4 is 4.74 Å². The molecule has 0 fully saturated rings. The predicted molar refractivity (Wildman–Crippen MR) is 102 cm³/mol. The van der Waals surface area contributed by atoms with Crippen molar-refractivity contribution in [2.75, 3.05) is 6.61 Å². The number of hydrogen-bond acceptors (Lipinski definition) is 4. The third-order valence-electron chi connectivity index (χ3n) is 3.97. The van der Waals surface area contributed by atoms with Gasteiger partial charge in [-0.2, -0.15) is 5.26 Å². The number of benzene rings is 2. The van der Waals surface area contributed by atoms with Crippen molar-refractivity contribution in [2.45, 2.75) is 32.3 Å². The van der Waals surface area contributed by atoms with Crippen LogP contribution in [0.4, 0.5) is 0 Å². The molecule has 0 radical (unpaired) electrons.